The molecule has 15 heavy (non-hydrogen) atoms. The summed E-state index contributed by atoms with van der Waals surface area (Å²) in [7, 11) is 3.22. The van der Waals surface area contributed by atoms with E-state index in [9.17, 15) is 10.3 Å². The minimum atomic E-state index is -0.836. The van der Waals surface area contributed by atoms with Gasteiger partial charge in [-0.05, 0) is 32.6 Å². The lowest BCUT2D eigenvalue weighted by Crippen LogP contribution is -2.59. The molecule has 1 aliphatic carbocycles. The third-order valence-electron chi connectivity index (χ3n) is 3.67. The number of rotatable bonds is 2. The summed E-state index contributed by atoms with van der Waals surface area (Å²) in [6.07, 6.45) is 2.39. The summed E-state index contributed by atoms with van der Waals surface area (Å²) in [5.41, 5.74) is 0.293. The van der Waals surface area contributed by atoms with E-state index in [4.69, 9.17) is 0 Å². The van der Waals surface area contributed by atoms with Crippen LogP contribution in [0, 0.1) is 11.1 Å². The molecule has 3 nitrogen and oxygen atoms in total. The van der Waals surface area contributed by atoms with Gasteiger partial charge in [-0.15, -0.1) is 0 Å². The van der Waals surface area contributed by atoms with E-state index in [1.165, 1.54) is 0 Å². The van der Waals surface area contributed by atoms with Gasteiger partial charge >= 0.3 is 0 Å². The molecular weight excluding hydrogens is 190 g/mol. The molecule has 0 aliphatic heterocycles. The maximum atomic E-state index is 12.0. The first-order valence-electron chi connectivity index (χ1n) is 5.57. The van der Waals surface area contributed by atoms with Crippen LogP contribution in [0.15, 0.2) is 12.2 Å². The Kier molecular flexibility index (Phi) is 3.29. The zero-order valence-corrected chi connectivity index (χ0v) is 10.3. The SMILES string of the molecule is C=C(C)[C@@H]1CC[C@](C)(O)[C@@H]([N+](C)(C)[O-])C1. The summed E-state index contributed by atoms with van der Waals surface area (Å²) in [4.78, 5) is 0. The van der Waals surface area contributed by atoms with Gasteiger partial charge in [0.05, 0.1) is 14.1 Å². The number of hydrogen-bond donors (Lipinski definition) is 1. The van der Waals surface area contributed by atoms with Crippen LogP contribution in [0.1, 0.15) is 33.1 Å². The van der Waals surface area contributed by atoms with Gasteiger partial charge in [0.2, 0.25) is 0 Å². The zero-order chi connectivity index (χ0) is 11.9. The van der Waals surface area contributed by atoms with Gasteiger partial charge in [-0.3, -0.25) is 0 Å². The van der Waals surface area contributed by atoms with Crippen molar-refractivity contribution in [3.63, 3.8) is 0 Å². The van der Waals surface area contributed by atoms with Crippen molar-refractivity contribution in [2.75, 3.05) is 14.1 Å². The molecular formula is C12H23NO2. The monoisotopic (exact) mass is 213 g/mol. The summed E-state index contributed by atoms with van der Waals surface area (Å²) in [6, 6.07) is -0.243. The Bertz CT molecular complexity index is 253. The lowest BCUT2D eigenvalue weighted by atomic mass is 9.73. The highest BCUT2D eigenvalue weighted by Crippen LogP contribution is 2.39. The van der Waals surface area contributed by atoms with Gasteiger partial charge in [-0.25, -0.2) is 0 Å². The van der Waals surface area contributed by atoms with Gasteiger partial charge in [-0.2, -0.15) is 0 Å². The van der Waals surface area contributed by atoms with E-state index >= 15 is 0 Å². The average molecular weight is 213 g/mol. The van der Waals surface area contributed by atoms with Crippen molar-refractivity contribution in [2.45, 2.75) is 44.8 Å². The molecule has 3 heteroatoms. The van der Waals surface area contributed by atoms with Crippen LogP contribution in [0.2, 0.25) is 0 Å². The number of nitrogens with zero attached hydrogens (tertiary/aromatic N) is 1. The molecule has 0 aromatic carbocycles. The van der Waals surface area contributed by atoms with Crippen LogP contribution in [0.5, 0.6) is 0 Å². The average Bonchev–Trinajstić information content (AvgIpc) is 2.00. The molecule has 1 aliphatic rings. The molecule has 0 radical (unpaired) electrons. The maximum Gasteiger partial charge on any atom is 0.118 e. The lowest BCUT2D eigenvalue weighted by Gasteiger charge is -2.52. The molecule has 88 valence electrons. The number of hydroxylamine groups is 3. The lowest BCUT2D eigenvalue weighted by molar-refractivity contribution is -0.876. The first-order chi connectivity index (χ1) is 6.64. The topological polar surface area (TPSA) is 43.3 Å². The Morgan fingerprint density at radius 2 is 2.07 bits per heavy atom. The van der Waals surface area contributed by atoms with Crippen LogP contribution in [-0.2, 0) is 0 Å². The van der Waals surface area contributed by atoms with Gasteiger partial charge in [-0.1, -0.05) is 12.2 Å². The van der Waals surface area contributed by atoms with Crippen LogP contribution in [0.25, 0.3) is 0 Å². The maximum absolute atomic E-state index is 12.0. The fourth-order valence-electron chi connectivity index (χ4n) is 2.65. The van der Waals surface area contributed by atoms with Crippen molar-refractivity contribution in [3.8, 4) is 0 Å². The van der Waals surface area contributed by atoms with E-state index < -0.39 is 10.2 Å². The first-order valence-corrected chi connectivity index (χ1v) is 5.57. The predicted octanol–water partition coefficient (Wildman–Crippen LogP) is 2.06. The molecule has 1 rings (SSSR count). The molecule has 0 unspecified atom stereocenters. The normalized spacial score (nSPS) is 37.7. The van der Waals surface area contributed by atoms with Crippen LogP contribution < -0.4 is 0 Å². The van der Waals surface area contributed by atoms with Crippen LogP contribution >= 0.6 is 0 Å². The van der Waals surface area contributed by atoms with Gasteiger partial charge in [0, 0.05) is 6.42 Å². The number of hydrogen-bond acceptors (Lipinski definition) is 2. The van der Waals surface area contributed by atoms with Gasteiger partial charge in [0.15, 0.2) is 0 Å². The molecule has 0 amide bonds. The van der Waals surface area contributed by atoms with Crippen molar-refractivity contribution >= 4 is 0 Å². The Morgan fingerprint density at radius 1 is 1.53 bits per heavy atom. The van der Waals surface area contributed by atoms with Crippen molar-refractivity contribution in [2.24, 2.45) is 5.92 Å². The van der Waals surface area contributed by atoms with Crippen molar-refractivity contribution < 1.29 is 9.75 Å². The highest BCUT2D eigenvalue weighted by molar-refractivity contribution is 5.03. The molecule has 0 bridgehead atoms. The molecule has 3 atom stereocenters. The number of likely N-dealkylation sites (N-methyl/N-ethyl adjacent to an activating group) is 1. The second-order valence-corrected chi connectivity index (χ2v) is 5.62. The molecule has 0 saturated heterocycles. The van der Waals surface area contributed by atoms with Crippen molar-refractivity contribution in [1.82, 2.24) is 0 Å². The number of quaternary nitrogens is 1. The van der Waals surface area contributed by atoms with E-state index in [-0.39, 0.29) is 6.04 Å². The fraction of sp³-hybridized carbons (Fsp3) is 0.833. The Morgan fingerprint density at radius 3 is 2.47 bits per heavy atom. The van der Waals surface area contributed by atoms with Gasteiger partial charge in [0.1, 0.15) is 11.6 Å². The van der Waals surface area contributed by atoms with Crippen molar-refractivity contribution in [3.05, 3.63) is 17.4 Å². The van der Waals surface area contributed by atoms with Crippen LogP contribution in [0.4, 0.5) is 0 Å². The largest absolute Gasteiger partial charge is 0.633 e. The third kappa shape index (κ3) is 2.80. The van der Waals surface area contributed by atoms with Gasteiger partial charge < -0.3 is 15.0 Å². The van der Waals surface area contributed by atoms with Crippen LogP contribution in [0.3, 0.4) is 0 Å². The summed E-state index contributed by atoms with van der Waals surface area (Å²) < 4.78 is -0.420. The molecule has 0 aromatic heterocycles. The molecule has 0 spiro atoms. The second-order valence-electron chi connectivity index (χ2n) is 5.62. The third-order valence-corrected chi connectivity index (χ3v) is 3.67. The predicted molar refractivity (Wildman–Crippen MR) is 62.0 cm³/mol. The quantitative estimate of drug-likeness (QED) is 0.433. The van der Waals surface area contributed by atoms with Crippen LogP contribution in [-0.4, -0.2) is 35.5 Å². The highest BCUT2D eigenvalue weighted by Gasteiger charge is 2.44. The minimum absolute atomic E-state index is 0.243. The first kappa shape index (κ1) is 12.7. The summed E-state index contributed by atoms with van der Waals surface area (Å²) in [6.45, 7) is 7.74. The van der Waals surface area contributed by atoms with Gasteiger partial charge in [0.25, 0.3) is 0 Å². The smallest absolute Gasteiger partial charge is 0.118 e. The molecule has 0 heterocycles. The summed E-state index contributed by atoms with van der Waals surface area (Å²) >= 11 is 0. The summed E-state index contributed by atoms with van der Waals surface area (Å²) in [5, 5.41) is 22.2. The molecule has 0 aromatic rings. The Balaban J connectivity index is 2.84. The number of allylic oxidation sites excluding steroid dienone is 1. The standard InChI is InChI=1S/C12H23NO2/c1-9(2)10-6-7-12(3,14)11(8-10)13(4,5)15/h10-11,14H,1,6-8H2,2-5H3/t10-,11+,12+/m1/s1. The molecule has 1 saturated carbocycles. The fourth-order valence-corrected chi connectivity index (χ4v) is 2.65. The Labute approximate surface area is 92.6 Å². The number of aliphatic hydroxyl groups is 1. The minimum Gasteiger partial charge on any atom is -0.633 e. The highest BCUT2D eigenvalue weighted by atomic mass is 16.5. The van der Waals surface area contributed by atoms with Crippen molar-refractivity contribution in [1.29, 1.82) is 0 Å². The molecule has 1 fully saturated rings. The zero-order valence-electron chi connectivity index (χ0n) is 10.3. The van der Waals surface area contributed by atoms with E-state index in [1.807, 2.05) is 6.92 Å². The van der Waals surface area contributed by atoms with E-state index in [0.717, 1.165) is 18.4 Å². The van der Waals surface area contributed by atoms with E-state index in [0.29, 0.717) is 12.3 Å². The second kappa shape index (κ2) is 3.89. The summed E-state index contributed by atoms with van der Waals surface area (Å²) in [5.74, 6) is 0.390. The molecule has 1 N–H and O–H groups in total. The van der Waals surface area contributed by atoms with E-state index in [2.05, 4.69) is 6.58 Å². The Hall–Kier alpha value is -0.380. The van der Waals surface area contributed by atoms with E-state index in [1.54, 1.807) is 21.0 Å².